The second-order valence-corrected chi connectivity index (χ2v) is 6.02. The lowest BCUT2D eigenvalue weighted by Crippen LogP contribution is -2.40. The van der Waals surface area contributed by atoms with Crippen molar-refractivity contribution in [1.82, 2.24) is 19.6 Å². The molecule has 0 saturated carbocycles. The van der Waals surface area contributed by atoms with E-state index in [0.717, 1.165) is 26.2 Å². The van der Waals surface area contributed by atoms with E-state index in [1.807, 2.05) is 41.3 Å². The van der Waals surface area contributed by atoms with Crippen LogP contribution in [0.4, 0.5) is 17.8 Å². The quantitative estimate of drug-likeness (QED) is 0.781. The highest BCUT2D eigenvalue weighted by atomic mass is 16.5. The third-order valence-corrected chi connectivity index (χ3v) is 4.41. The van der Waals surface area contributed by atoms with Crippen molar-refractivity contribution in [3.05, 3.63) is 24.5 Å². The Bertz CT molecular complexity index is 646. The van der Waals surface area contributed by atoms with Gasteiger partial charge in [0.15, 0.2) is 0 Å². The molecular formula is C16H23N7O2. The lowest BCUT2D eigenvalue weighted by Gasteiger charge is -2.31. The van der Waals surface area contributed by atoms with Crippen molar-refractivity contribution in [3.8, 4) is 0 Å². The zero-order chi connectivity index (χ0) is 17.1. The van der Waals surface area contributed by atoms with Crippen LogP contribution in [-0.4, -0.2) is 79.3 Å². The third-order valence-electron chi connectivity index (χ3n) is 4.41. The summed E-state index contributed by atoms with van der Waals surface area (Å²) in [5.74, 6) is 2.02. The minimum Gasteiger partial charge on any atom is -0.378 e. The molecule has 2 fully saturated rings. The van der Waals surface area contributed by atoms with Gasteiger partial charge in [0, 0.05) is 45.6 Å². The Morgan fingerprint density at radius 3 is 1.76 bits per heavy atom. The van der Waals surface area contributed by atoms with Crippen molar-refractivity contribution >= 4 is 17.8 Å². The van der Waals surface area contributed by atoms with Gasteiger partial charge in [-0.2, -0.15) is 15.0 Å². The standard InChI is InChI=1S/C16H23N7O2/c1-20(23-4-2-3-5-23)14-17-15(21-6-10-24-11-7-21)19-16(18-14)22-8-12-25-13-9-22/h2-5H,6-13H2,1H3. The summed E-state index contributed by atoms with van der Waals surface area (Å²) >= 11 is 0. The zero-order valence-electron chi connectivity index (χ0n) is 14.4. The van der Waals surface area contributed by atoms with Gasteiger partial charge in [0.05, 0.1) is 26.4 Å². The smallest absolute Gasteiger partial charge is 0.251 e. The summed E-state index contributed by atoms with van der Waals surface area (Å²) in [6.45, 7) is 5.95. The summed E-state index contributed by atoms with van der Waals surface area (Å²) in [5, 5.41) is 1.91. The molecule has 2 saturated heterocycles. The topological polar surface area (TPSA) is 71.8 Å². The molecular weight excluding hydrogens is 322 g/mol. The lowest BCUT2D eigenvalue weighted by atomic mass is 10.4. The normalized spacial score (nSPS) is 18.4. The Kier molecular flexibility index (Phi) is 4.66. The monoisotopic (exact) mass is 345 g/mol. The fourth-order valence-corrected chi connectivity index (χ4v) is 2.93. The van der Waals surface area contributed by atoms with E-state index in [1.54, 1.807) is 0 Å². The highest BCUT2D eigenvalue weighted by Gasteiger charge is 2.22. The number of ether oxygens (including phenoxy) is 2. The van der Waals surface area contributed by atoms with E-state index in [9.17, 15) is 0 Å². The first-order chi connectivity index (χ1) is 12.3. The predicted octanol–water partition coefficient (Wildman–Crippen LogP) is 0.246. The van der Waals surface area contributed by atoms with Gasteiger partial charge in [-0.1, -0.05) is 0 Å². The van der Waals surface area contributed by atoms with Gasteiger partial charge in [0.2, 0.25) is 11.9 Å². The molecule has 4 heterocycles. The third kappa shape index (κ3) is 3.52. The maximum atomic E-state index is 5.45. The van der Waals surface area contributed by atoms with E-state index in [-0.39, 0.29) is 0 Å². The molecule has 25 heavy (non-hydrogen) atoms. The van der Waals surface area contributed by atoms with Crippen LogP contribution in [0.5, 0.6) is 0 Å². The number of nitrogens with zero attached hydrogens (tertiary/aromatic N) is 7. The SMILES string of the molecule is CN(c1nc(N2CCOCC2)nc(N2CCOCC2)n1)n1cccc1. The van der Waals surface area contributed by atoms with E-state index < -0.39 is 0 Å². The number of aromatic nitrogens is 4. The van der Waals surface area contributed by atoms with Crippen LogP contribution in [0.3, 0.4) is 0 Å². The average molecular weight is 345 g/mol. The Morgan fingerprint density at radius 1 is 0.800 bits per heavy atom. The number of anilines is 3. The van der Waals surface area contributed by atoms with Crippen molar-refractivity contribution in [2.75, 3.05) is 74.5 Å². The summed E-state index contributed by atoms with van der Waals surface area (Å²) in [4.78, 5) is 18.4. The first-order valence-electron chi connectivity index (χ1n) is 8.60. The van der Waals surface area contributed by atoms with Crippen molar-refractivity contribution in [2.24, 2.45) is 0 Å². The first-order valence-corrected chi connectivity index (χ1v) is 8.60. The fourth-order valence-electron chi connectivity index (χ4n) is 2.93. The van der Waals surface area contributed by atoms with E-state index in [0.29, 0.717) is 44.3 Å². The molecule has 0 aromatic carbocycles. The van der Waals surface area contributed by atoms with Crippen LogP contribution in [0.15, 0.2) is 24.5 Å². The molecule has 4 rings (SSSR count). The van der Waals surface area contributed by atoms with E-state index in [2.05, 4.69) is 9.80 Å². The maximum Gasteiger partial charge on any atom is 0.251 e. The number of rotatable bonds is 4. The molecule has 2 aromatic rings. The van der Waals surface area contributed by atoms with Gasteiger partial charge in [-0.25, -0.2) is 0 Å². The Morgan fingerprint density at radius 2 is 1.28 bits per heavy atom. The minimum atomic E-state index is 0.620. The zero-order valence-corrected chi connectivity index (χ0v) is 14.4. The Balaban J connectivity index is 1.68. The van der Waals surface area contributed by atoms with Gasteiger partial charge < -0.3 is 19.3 Å². The summed E-state index contributed by atoms with van der Waals surface area (Å²) in [6, 6.07) is 3.95. The van der Waals surface area contributed by atoms with Gasteiger partial charge in [-0.15, -0.1) is 0 Å². The van der Waals surface area contributed by atoms with Gasteiger partial charge in [0.25, 0.3) is 5.95 Å². The Hall–Kier alpha value is -2.39. The van der Waals surface area contributed by atoms with Crippen LogP contribution in [0.1, 0.15) is 0 Å². The van der Waals surface area contributed by atoms with Gasteiger partial charge in [-0.05, 0) is 12.1 Å². The van der Waals surface area contributed by atoms with Crippen LogP contribution in [0.25, 0.3) is 0 Å². The van der Waals surface area contributed by atoms with Crippen molar-refractivity contribution in [3.63, 3.8) is 0 Å². The maximum absolute atomic E-state index is 5.45. The summed E-state index contributed by atoms with van der Waals surface area (Å²) in [6.07, 6.45) is 3.93. The van der Waals surface area contributed by atoms with Crippen LogP contribution < -0.4 is 14.8 Å². The van der Waals surface area contributed by atoms with Crippen LogP contribution in [-0.2, 0) is 9.47 Å². The molecule has 0 radical (unpaired) electrons. The lowest BCUT2D eigenvalue weighted by molar-refractivity contribution is 0.121. The highest BCUT2D eigenvalue weighted by molar-refractivity contribution is 5.46. The van der Waals surface area contributed by atoms with E-state index in [4.69, 9.17) is 24.4 Å². The van der Waals surface area contributed by atoms with Crippen LogP contribution in [0, 0.1) is 0 Å². The molecule has 0 spiro atoms. The molecule has 0 aliphatic carbocycles. The molecule has 0 amide bonds. The van der Waals surface area contributed by atoms with Crippen molar-refractivity contribution in [2.45, 2.75) is 0 Å². The minimum absolute atomic E-state index is 0.620. The van der Waals surface area contributed by atoms with Crippen molar-refractivity contribution in [1.29, 1.82) is 0 Å². The molecule has 134 valence electrons. The summed E-state index contributed by atoms with van der Waals surface area (Å²) in [5.41, 5.74) is 0. The van der Waals surface area contributed by atoms with Gasteiger partial charge in [0.1, 0.15) is 0 Å². The molecule has 9 nitrogen and oxygen atoms in total. The largest absolute Gasteiger partial charge is 0.378 e. The molecule has 0 unspecified atom stereocenters. The summed E-state index contributed by atoms with van der Waals surface area (Å²) < 4.78 is 12.8. The molecule has 0 bridgehead atoms. The van der Waals surface area contributed by atoms with E-state index >= 15 is 0 Å². The van der Waals surface area contributed by atoms with Gasteiger partial charge >= 0.3 is 0 Å². The van der Waals surface area contributed by atoms with Crippen LogP contribution in [0.2, 0.25) is 0 Å². The number of hydrogen-bond acceptors (Lipinski definition) is 8. The second kappa shape index (κ2) is 7.24. The molecule has 2 aliphatic heterocycles. The number of morpholine rings is 2. The number of hydrogen-bond donors (Lipinski definition) is 0. The van der Waals surface area contributed by atoms with Gasteiger partial charge in [-0.3, -0.25) is 9.69 Å². The molecule has 2 aromatic heterocycles. The van der Waals surface area contributed by atoms with E-state index in [1.165, 1.54) is 0 Å². The average Bonchev–Trinajstić information content (AvgIpc) is 3.23. The van der Waals surface area contributed by atoms with Crippen LogP contribution >= 0.6 is 0 Å². The molecule has 9 heteroatoms. The molecule has 2 aliphatic rings. The highest BCUT2D eigenvalue weighted by Crippen LogP contribution is 2.20. The first kappa shape index (κ1) is 16.1. The Labute approximate surface area is 146 Å². The predicted molar refractivity (Wildman–Crippen MR) is 94.1 cm³/mol. The molecule has 0 atom stereocenters. The van der Waals surface area contributed by atoms with Crippen molar-refractivity contribution < 1.29 is 9.47 Å². The summed E-state index contributed by atoms with van der Waals surface area (Å²) in [7, 11) is 1.95. The fraction of sp³-hybridized carbons (Fsp3) is 0.562. The second-order valence-electron chi connectivity index (χ2n) is 6.02. The molecule has 0 N–H and O–H groups in total.